The summed E-state index contributed by atoms with van der Waals surface area (Å²) >= 11 is 0. The van der Waals surface area contributed by atoms with Crippen LogP contribution in [0.5, 0.6) is 0 Å². The van der Waals surface area contributed by atoms with Crippen LogP contribution in [0.4, 0.5) is 0 Å². The fourth-order valence-corrected chi connectivity index (χ4v) is 17.1. The molecule has 0 bridgehead atoms. The van der Waals surface area contributed by atoms with E-state index in [1.54, 1.807) is 57.8 Å². The van der Waals surface area contributed by atoms with Gasteiger partial charge in [0.1, 0.15) is 0 Å². The molecule has 0 amide bonds. The van der Waals surface area contributed by atoms with Gasteiger partial charge in [-0.25, -0.2) is 0 Å². The quantitative estimate of drug-likeness (QED) is 0.306. The molecule has 9 saturated carbocycles. The molecule has 45 heavy (non-hydrogen) atoms. The molecule has 0 aromatic carbocycles. The third kappa shape index (κ3) is 4.78. The fraction of sp³-hybridized carbons (Fsp3) is 1.00. The van der Waals surface area contributed by atoms with Gasteiger partial charge in [-0.15, -0.1) is 0 Å². The average Bonchev–Trinajstić information content (AvgIpc) is 3.62. The van der Waals surface area contributed by atoms with Crippen molar-refractivity contribution >= 4 is 0 Å². The average molecular weight is 620 g/mol. The lowest BCUT2D eigenvalue weighted by atomic mass is 9.54. The van der Waals surface area contributed by atoms with Gasteiger partial charge < -0.3 is 9.47 Å². The Morgan fingerprint density at radius 1 is 0.400 bits per heavy atom. The summed E-state index contributed by atoms with van der Waals surface area (Å²) in [7, 11) is 3.91. The van der Waals surface area contributed by atoms with Crippen LogP contribution in [0.1, 0.15) is 136 Å². The first kappa shape index (κ1) is 30.9. The lowest BCUT2D eigenvalue weighted by Gasteiger charge is -2.55. The van der Waals surface area contributed by atoms with E-state index < -0.39 is 0 Å². The molecule has 0 N–H and O–H groups in total. The van der Waals surface area contributed by atoms with Crippen LogP contribution in [-0.4, -0.2) is 49.5 Å². The Kier molecular flexibility index (Phi) is 8.47. The molecule has 0 aromatic rings. The van der Waals surface area contributed by atoms with Crippen molar-refractivity contribution in [3.63, 3.8) is 0 Å². The van der Waals surface area contributed by atoms with E-state index in [0.29, 0.717) is 12.2 Å². The van der Waals surface area contributed by atoms with Gasteiger partial charge in [-0.1, -0.05) is 46.0 Å². The highest BCUT2D eigenvalue weighted by molar-refractivity contribution is 5.16. The van der Waals surface area contributed by atoms with Gasteiger partial charge in [-0.05, 0) is 173 Å². The SMILES string of the molecule is COC1CCC(N(C2CCC(OC)CC2)C2CCC3C4C(CCCC42)C2C(C)C4C5CCCC6CCCC(C65)C4C(C)C32)CC1. The minimum absolute atomic E-state index is 0.505. The number of hydrogen-bond donors (Lipinski definition) is 0. The van der Waals surface area contributed by atoms with Crippen molar-refractivity contribution in [2.24, 2.45) is 82.9 Å². The number of rotatable bonds is 5. The smallest absolute Gasteiger partial charge is 0.0572 e. The normalized spacial score (nSPS) is 57.1. The van der Waals surface area contributed by atoms with Crippen LogP contribution in [0, 0.1) is 82.9 Å². The van der Waals surface area contributed by atoms with Gasteiger partial charge in [0, 0.05) is 32.3 Å². The van der Waals surface area contributed by atoms with Gasteiger partial charge in [0.05, 0.1) is 12.2 Å². The van der Waals surface area contributed by atoms with Crippen LogP contribution in [0.2, 0.25) is 0 Å². The van der Waals surface area contributed by atoms with Crippen LogP contribution in [-0.2, 0) is 9.47 Å². The van der Waals surface area contributed by atoms with Crippen molar-refractivity contribution in [3.8, 4) is 0 Å². The van der Waals surface area contributed by atoms with Gasteiger partial charge >= 0.3 is 0 Å². The molecule has 0 spiro atoms. The first-order valence-electron chi connectivity index (χ1n) is 20.9. The van der Waals surface area contributed by atoms with E-state index in [4.69, 9.17) is 9.47 Å². The van der Waals surface area contributed by atoms with Crippen LogP contribution in [0.15, 0.2) is 0 Å². The van der Waals surface area contributed by atoms with Gasteiger partial charge in [0.25, 0.3) is 0 Å². The number of hydrogen-bond acceptors (Lipinski definition) is 3. The van der Waals surface area contributed by atoms with E-state index in [2.05, 4.69) is 18.7 Å². The van der Waals surface area contributed by atoms with Gasteiger partial charge in [-0.3, -0.25) is 4.90 Å². The maximum absolute atomic E-state index is 5.89. The van der Waals surface area contributed by atoms with Crippen molar-refractivity contribution in [1.82, 2.24) is 4.90 Å². The molecule has 0 aliphatic heterocycles. The molecule has 15 atom stereocenters. The summed E-state index contributed by atoms with van der Waals surface area (Å²) in [5.41, 5.74) is 0. The predicted octanol–water partition coefficient (Wildman–Crippen LogP) is 9.63. The minimum Gasteiger partial charge on any atom is -0.381 e. The van der Waals surface area contributed by atoms with Crippen molar-refractivity contribution in [2.75, 3.05) is 14.2 Å². The maximum Gasteiger partial charge on any atom is 0.0572 e. The Balaban J connectivity index is 1.01. The highest BCUT2D eigenvalue weighted by atomic mass is 16.5. The molecule has 3 heteroatoms. The van der Waals surface area contributed by atoms with Crippen molar-refractivity contribution < 1.29 is 9.47 Å². The third-order valence-corrected chi connectivity index (χ3v) is 18.1. The van der Waals surface area contributed by atoms with Crippen molar-refractivity contribution in [3.05, 3.63) is 0 Å². The molecule has 0 radical (unpaired) electrons. The van der Waals surface area contributed by atoms with E-state index in [1.807, 2.05) is 14.2 Å². The Hall–Kier alpha value is -0.120. The number of ether oxygens (including phenoxy) is 2. The second-order valence-electron chi connectivity index (χ2n) is 19.0. The molecule has 3 nitrogen and oxygen atoms in total. The minimum atomic E-state index is 0.505. The molecule has 9 aliphatic rings. The molecule has 254 valence electrons. The molecular weight excluding hydrogens is 550 g/mol. The van der Waals surface area contributed by atoms with Crippen LogP contribution in [0.3, 0.4) is 0 Å². The maximum atomic E-state index is 5.89. The van der Waals surface area contributed by atoms with E-state index in [9.17, 15) is 0 Å². The lowest BCUT2D eigenvalue weighted by molar-refractivity contribution is -0.0746. The monoisotopic (exact) mass is 620 g/mol. The van der Waals surface area contributed by atoms with Gasteiger partial charge in [-0.2, -0.15) is 0 Å². The number of fused-ring (bicyclic) bond motifs is 6. The van der Waals surface area contributed by atoms with Crippen LogP contribution >= 0.6 is 0 Å². The zero-order chi connectivity index (χ0) is 30.4. The van der Waals surface area contributed by atoms with Crippen molar-refractivity contribution in [2.45, 2.75) is 166 Å². The Bertz CT molecular complexity index is 968. The number of nitrogens with zero attached hydrogens (tertiary/aromatic N) is 1. The second-order valence-corrected chi connectivity index (χ2v) is 19.0. The summed E-state index contributed by atoms with van der Waals surface area (Å²) in [6, 6.07) is 2.45. The van der Waals surface area contributed by atoms with E-state index in [1.165, 1.54) is 64.2 Å². The lowest BCUT2D eigenvalue weighted by Crippen LogP contribution is -2.58. The fourth-order valence-electron chi connectivity index (χ4n) is 17.1. The molecule has 9 aliphatic carbocycles. The molecule has 9 rings (SSSR count). The molecular formula is C42H69NO2. The largest absolute Gasteiger partial charge is 0.381 e. The Labute approximate surface area is 277 Å². The molecule has 0 heterocycles. The van der Waals surface area contributed by atoms with Crippen LogP contribution < -0.4 is 0 Å². The third-order valence-electron chi connectivity index (χ3n) is 18.1. The highest BCUT2D eigenvalue weighted by Crippen LogP contribution is 2.73. The van der Waals surface area contributed by atoms with Crippen LogP contribution in [0.25, 0.3) is 0 Å². The second kappa shape index (κ2) is 12.3. The molecule has 15 unspecified atom stereocenters. The van der Waals surface area contributed by atoms with Gasteiger partial charge in [0.2, 0.25) is 0 Å². The summed E-state index contributed by atoms with van der Waals surface area (Å²) in [5, 5.41) is 0. The standard InChI is InChI=1S/C42H69NO2/c1-24-37-32-11-5-8-26-9-6-12-33(41(26)32)38(37)25(2)40-35-22-23-36(31-10-7-13-34(39(24)40)42(31)35)43(27-14-18-29(44-3)19-15-27)28-16-20-30(45-4)21-17-28/h24-42H,5-23H2,1-4H3. The summed E-state index contributed by atoms with van der Waals surface area (Å²) in [4.78, 5) is 3.28. The molecule has 0 aromatic heterocycles. The first-order chi connectivity index (χ1) is 22.1. The predicted molar refractivity (Wildman–Crippen MR) is 183 cm³/mol. The Morgan fingerprint density at radius 2 is 0.822 bits per heavy atom. The highest BCUT2D eigenvalue weighted by Gasteiger charge is 2.68. The molecule has 0 saturated heterocycles. The van der Waals surface area contributed by atoms with Gasteiger partial charge in [0.15, 0.2) is 0 Å². The van der Waals surface area contributed by atoms with E-state index in [0.717, 1.165) is 101 Å². The number of methoxy groups -OCH3 is 2. The summed E-state index contributed by atoms with van der Waals surface area (Å²) in [6.45, 7) is 5.71. The van der Waals surface area contributed by atoms with E-state index >= 15 is 0 Å². The summed E-state index contributed by atoms with van der Waals surface area (Å²) in [5.74, 6) is 14.9. The summed E-state index contributed by atoms with van der Waals surface area (Å²) in [6.07, 6.45) is 28.8. The van der Waals surface area contributed by atoms with E-state index in [-0.39, 0.29) is 0 Å². The molecule has 9 fully saturated rings. The topological polar surface area (TPSA) is 21.7 Å². The zero-order valence-corrected chi connectivity index (χ0v) is 29.7. The first-order valence-corrected chi connectivity index (χ1v) is 20.9. The van der Waals surface area contributed by atoms with Crippen molar-refractivity contribution in [1.29, 1.82) is 0 Å². The Morgan fingerprint density at radius 3 is 1.31 bits per heavy atom. The zero-order valence-electron chi connectivity index (χ0n) is 29.7. The summed E-state index contributed by atoms with van der Waals surface area (Å²) < 4.78 is 11.8.